The average Bonchev–Trinajstić information content (AvgIpc) is 2.35. The number of ketones is 1. The van der Waals surface area contributed by atoms with Crippen molar-refractivity contribution in [2.75, 3.05) is 18.6 Å². The Bertz CT molecular complexity index is 361. The van der Waals surface area contributed by atoms with Gasteiger partial charge in [-0.15, -0.1) is 0 Å². The zero-order chi connectivity index (χ0) is 15.8. The van der Waals surface area contributed by atoms with Gasteiger partial charge in [0.25, 0.3) is 0 Å². The monoisotopic (exact) mass is 322 g/mol. The number of carboxylic acid groups (broad SMARTS) is 1. The maximum atomic E-state index is 12.0. The predicted molar refractivity (Wildman–Crippen MR) is 82.6 cm³/mol. The third-order valence-corrected chi connectivity index (χ3v) is 4.47. The zero-order valence-electron chi connectivity index (χ0n) is 12.0. The van der Waals surface area contributed by atoms with Crippen molar-refractivity contribution >= 4 is 39.2 Å². The van der Waals surface area contributed by atoms with Crippen molar-refractivity contribution in [2.45, 2.75) is 32.7 Å². The van der Waals surface area contributed by atoms with Gasteiger partial charge in [-0.3, -0.25) is 14.4 Å². The van der Waals surface area contributed by atoms with Crippen LogP contribution in [-0.4, -0.2) is 47.4 Å². The highest BCUT2D eigenvalue weighted by molar-refractivity contribution is 8.76. The summed E-state index contributed by atoms with van der Waals surface area (Å²) in [6.07, 6.45) is 1.92. The molecule has 0 aromatic carbocycles. The van der Waals surface area contributed by atoms with Gasteiger partial charge in [0.05, 0.1) is 12.5 Å². The Hall–Kier alpha value is -0.730. The molecule has 0 aliphatic heterocycles. The molecule has 0 aromatic rings. The first-order chi connectivity index (χ1) is 9.20. The standard InChI is InChI=1S/C12H22N2O4S2/c1-12(2,11(18)8(13)6-10(16)17)7-14-9(15)4-5-20-19-3/h8H,4-7,13H2,1-3H3,(H,14,15)(H,16,17). The van der Waals surface area contributed by atoms with Gasteiger partial charge < -0.3 is 16.2 Å². The predicted octanol–water partition coefficient (Wildman–Crippen LogP) is 0.901. The highest BCUT2D eigenvalue weighted by atomic mass is 33.1. The SMILES string of the molecule is CSSCCC(=O)NCC(C)(C)C(=O)C(N)CC(=O)O. The molecule has 0 aromatic heterocycles. The Kier molecular flexibility index (Phi) is 8.91. The minimum absolute atomic E-state index is 0.126. The maximum absolute atomic E-state index is 12.0. The maximum Gasteiger partial charge on any atom is 0.305 e. The molecule has 0 aliphatic carbocycles. The summed E-state index contributed by atoms with van der Waals surface area (Å²) in [5, 5.41) is 11.3. The summed E-state index contributed by atoms with van der Waals surface area (Å²) in [7, 11) is 3.18. The number of Topliss-reactive ketones (excluding diaryl/α,β-unsaturated/α-hetero) is 1. The van der Waals surface area contributed by atoms with Crippen LogP contribution >= 0.6 is 21.6 Å². The van der Waals surface area contributed by atoms with Crippen LogP contribution in [0.15, 0.2) is 0 Å². The third-order valence-electron chi connectivity index (χ3n) is 2.66. The van der Waals surface area contributed by atoms with Crippen LogP contribution < -0.4 is 11.1 Å². The molecule has 1 atom stereocenters. The number of hydrogen-bond donors (Lipinski definition) is 3. The van der Waals surface area contributed by atoms with Crippen LogP contribution in [0.3, 0.4) is 0 Å². The number of carboxylic acids is 1. The molecule has 0 bridgehead atoms. The summed E-state index contributed by atoms with van der Waals surface area (Å²) in [4.78, 5) is 34.1. The van der Waals surface area contributed by atoms with E-state index in [1.165, 1.54) is 0 Å². The molecule has 0 saturated heterocycles. The molecule has 1 amide bonds. The van der Waals surface area contributed by atoms with E-state index in [9.17, 15) is 14.4 Å². The Morgan fingerprint density at radius 2 is 1.95 bits per heavy atom. The van der Waals surface area contributed by atoms with Crippen LogP contribution in [0.4, 0.5) is 0 Å². The Morgan fingerprint density at radius 3 is 2.45 bits per heavy atom. The molecule has 0 radical (unpaired) electrons. The van der Waals surface area contributed by atoms with E-state index in [0.29, 0.717) is 12.2 Å². The van der Waals surface area contributed by atoms with Crippen molar-refractivity contribution in [1.82, 2.24) is 5.32 Å². The van der Waals surface area contributed by atoms with E-state index in [4.69, 9.17) is 10.8 Å². The first-order valence-electron chi connectivity index (χ1n) is 6.14. The Balaban J connectivity index is 4.26. The summed E-state index contributed by atoms with van der Waals surface area (Å²) in [5.74, 6) is -0.891. The second-order valence-electron chi connectivity index (χ2n) is 4.97. The van der Waals surface area contributed by atoms with Crippen molar-refractivity contribution < 1.29 is 19.5 Å². The van der Waals surface area contributed by atoms with Gasteiger partial charge in [-0.2, -0.15) is 0 Å². The quantitative estimate of drug-likeness (QED) is 0.405. The topological polar surface area (TPSA) is 109 Å². The van der Waals surface area contributed by atoms with Crippen molar-refractivity contribution in [1.29, 1.82) is 0 Å². The number of hydrogen-bond acceptors (Lipinski definition) is 6. The van der Waals surface area contributed by atoms with E-state index in [1.807, 2.05) is 6.26 Å². The lowest BCUT2D eigenvalue weighted by molar-refractivity contribution is -0.140. The molecule has 0 heterocycles. The summed E-state index contributed by atoms with van der Waals surface area (Å²) < 4.78 is 0. The van der Waals surface area contributed by atoms with E-state index in [1.54, 1.807) is 35.4 Å². The Labute approximate surface area is 127 Å². The molecule has 8 heteroatoms. The average molecular weight is 322 g/mol. The minimum atomic E-state index is -1.11. The molecule has 0 spiro atoms. The molecule has 0 aliphatic rings. The zero-order valence-corrected chi connectivity index (χ0v) is 13.6. The molecule has 0 rings (SSSR count). The largest absolute Gasteiger partial charge is 0.481 e. The smallest absolute Gasteiger partial charge is 0.305 e. The molecule has 116 valence electrons. The van der Waals surface area contributed by atoms with Gasteiger partial charge in [0.2, 0.25) is 5.91 Å². The molecule has 0 fully saturated rings. The highest BCUT2D eigenvalue weighted by Crippen LogP contribution is 2.19. The lowest BCUT2D eigenvalue weighted by Crippen LogP contribution is -2.47. The first-order valence-corrected chi connectivity index (χ1v) is 8.87. The number of aliphatic carboxylic acids is 1. The van der Waals surface area contributed by atoms with E-state index in [0.717, 1.165) is 0 Å². The van der Waals surface area contributed by atoms with Crippen LogP contribution in [0.25, 0.3) is 0 Å². The normalized spacial score (nSPS) is 12.8. The van der Waals surface area contributed by atoms with E-state index < -0.39 is 23.8 Å². The number of carbonyl (C=O) groups is 3. The van der Waals surface area contributed by atoms with Gasteiger partial charge in [-0.25, -0.2) is 0 Å². The lowest BCUT2D eigenvalue weighted by Gasteiger charge is -2.26. The van der Waals surface area contributed by atoms with Crippen LogP contribution in [-0.2, 0) is 14.4 Å². The van der Waals surface area contributed by atoms with Crippen molar-refractivity contribution in [2.24, 2.45) is 11.1 Å². The summed E-state index contributed by atoms with van der Waals surface area (Å²) in [5.41, 5.74) is 4.68. The van der Waals surface area contributed by atoms with Gasteiger partial charge in [-0.1, -0.05) is 35.4 Å². The van der Waals surface area contributed by atoms with Gasteiger partial charge in [0.1, 0.15) is 0 Å². The number of amides is 1. The van der Waals surface area contributed by atoms with E-state index in [2.05, 4.69) is 5.32 Å². The number of carbonyl (C=O) groups excluding carboxylic acids is 2. The van der Waals surface area contributed by atoms with Gasteiger partial charge in [0.15, 0.2) is 5.78 Å². The number of rotatable bonds is 10. The van der Waals surface area contributed by atoms with Crippen LogP contribution in [0.2, 0.25) is 0 Å². The van der Waals surface area contributed by atoms with E-state index in [-0.39, 0.29) is 18.2 Å². The number of nitrogens with two attached hydrogens (primary N) is 1. The molecule has 4 N–H and O–H groups in total. The third kappa shape index (κ3) is 7.76. The summed E-state index contributed by atoms with van der Waals surface area (Å²) in [6.45, 7) is 3.45. The first kappa shape index (κ1) is 19.3. The molecule has 1 unspecified atom stereocenters. The van der Waals surface area contributed by atoms with Crippen molar-refractivity contribution in [3.8, 4) is 0 Å². The van der Waals surface area contributed by atoms with Gasteiger partial charge in [-0.05, 0) is 6.26 Å². The molecule has 0 saturated carbocycles. The van der Waals surface area contributed by atoms with Crippen molar-refractivity contribution in [3.63, 3.8) is 0 Å². The molecular formula is C12H22N2O4S2. The van der Waals surface area contributed by atoms with Crippen LogP contribution in [0.5, 0.6) is 0 Å². The molecule has 6 nitrogen and oxygen atoms in total. The molecule has 20 heavy (non-hydrogen) atoms. The van der Waals surface area contributed by atoms with Crippen LogP contribution in [0, 0.1) is 5.41 Å². The molecular weight excluding hydrogens is 300 g/mol. The Morgan fingerprint density at radius 1 is 1.35 bits per heavy atom. The second kappa shape index (κ2) is 9.25. The number of nitrogens with one attached hydrogen (secondary N) is 1. The minimum Gasteiger partial charge on any atom is -0.481 e. The summed E-state index contributed by atoms with van der Waals surface area (Å²) in [6, 6.07) is -1.05. The van der Waals surface area contributed by atoms with Gasteiger partial charge >= 0.3 is 5.97 Å². The van der Waals surface area contributed by atoms with Gasteiger partial charge in [0, 0.05) is 24.1 Å². The second-order valence-corrected chi connectivity index (χ2v) is 7.65. The highest BCUT2D eigenvalue weighted by Gasteiger charge is 2.33. The van der Waals surface area contributed by atoms with E-state index >= 15 is 0 Å². The van der Waals surface area contributed by atoms with Crippen LogP contribution in [0.1, 0.15) is 26.7 Å². The summed E-state index contributed by atoms with van der Waals surface area (Å²) >= 11 is 0. The van der Waals surface area contributed by atoms with Crippen molar-refractivity contribution in [3.05, 3.63) is 0 Å². The lowest BCUT2D eigenvalue weighted by atomic mass is 9.83. The fraction of sp³-hybridized carbons (Fsp3) is 0.750. The fourth-order valence-corrected chi connectivity index (χ4v) is 2.68. The fourth-order valence-electron chi connectivity index (χ4n) is 1.50.